The number of carbonyl (C=O) groups excluding carboxylic acids is 2. The third-order valence-corrected chi connectivity index (χ3v) is 4.05. The molecular formula is C18H18FN3O2. The first-order valence-corrected chi connectivity index (χ1v) is 7.89. The van der Waals surface area contributed by atoms with Gasteiger partial charge in [-0.05, 0) is 36.8 Å². The van der Waals surface area contributed by atoms with Crippen molar-refractivity contribution in [2.24, 2.45) is 0 Å². The van der Waals surface area contributed by atoms with Crippen molar-refractivity contribution in [2.45, 2.75) is 6.42 Å². The van der Waals surface area contributed by atoms with Crippen LogP contribution in [0.1, 0.15) is 27.1 Å². The molecule has 2 aromatic rings. The molecule has 24 heavy (non-hydrogen) atoms. The van der Waals surface area contributed by atoms with Crippen LogP contribution in [0.15, 0.2) is 48.8 Å². The molecule has 2 amide bonds. The first kappa shape index (κ1) is 16.1. The zero-order chi connectivity index (χ0) is 16.9. The molecule has 6 heteroatoms. The smallest absolute Gasteiger partial charge is 0.255 e. The number of hydrogen-bond acceptors (Lipinski definition) is 3. The summed E-state index contributed by atoms with van der Waals surface area (Å²) < 4.78 is 13.3. The number of carbonyl (C=O) groups is 2. The van der Waals surface area contributed by atoms with E-state index in [0.29, 0.717) is 43.7 Å². The van der Waals surface area contributed by atoms with E-state index < -0.39 is 5.82 Å². The van der Waals surface area contributed by atoms with Crippen molar-refractivity contribution in [2.75, 3.05) is 26.2 Å². The van der Waals surface area contributed by atoms with Gasteiger partial charge in [0.2, 0.25) is 0 Å². The highest BCUT2D eigenvalue weighted by Gasteiger charge is 2.23. The fraction of sp³-hybridized carbons (Fsp3) is 0.278. The van der Waals surface area contributed by atoms with Crippen LogP contribution in [0.2, 0.25) is 0 Å². The molecule has 2 heterocycles. The van der Waals surface area contributed by atoms with Gasteiger partial charge in [-0.15, -0.1) is 0 Å². The monoisotopic (exact) mass is 327 g/mol. The maximum atomic E-state index is 13.3. The average molecular weight is 327 g/mol. The number of amides is 2. The van der Waals surface area contributed by atoms with Crippen LogP contribution in [0.3, 0.4) is 0 Å². The Balaban J connectivity index is 1.67. The Hall–Kier alpha value is -2.76. The highest BCUT2D eigenvalue weighted by Crippen LogP contribution is 2.12. The van der Waals surface area contributed by atoms with Gasteiger partial charge in [0.25, 0.3) is 11.8 Å². The van der Waals surface area contributed by atoms with Crippen LogP contribution in [0.25, 0.3) is 0 Å². The van der Waals surface area contributed by atoms with Crippen LogP contribution in [0.5, 0.6) is 0 Å². The van der Waals surface area contributed by atoms with E-state index in [-0.39, 0.29) is 11.8 Å². The molecule has 0 N–H and O–H groups in total. The van der Waals surface area contributed by atoms with E-state index in [0.717, 1.165) is 0 Å². The van der Waals surface area contributed by atoms with Crippen LogP contribution < -0.4 is 0 Å². The minimum atomic E-state index is -0.427. The first-order chi connectivity index (χ1) is 11.6. The molecule has 1 aromatic heterocycles. The summed E-state index contributed by atoms with van der Waals surface area (Å²) in [5.74, 6) is -0.711. The summed E-state index contributed by atoms with van der Waals surface area (Å²) in [5.41, 5.74) is 0.879. The summed E-state index contributed by atoms with van der Waals surface area (Å²) in [6.07, 6.45) is 3.86. The summed E-state index contributed by atoms with van der Waals surface area (Å²) >= 11 is 0. The van der Waals surface area contributed by atoms with Gasteiger partial charge in [-0.1, -0.05) is 6.07 Å². The fourth-order valence-electron chi connectivity index (χ4n) is 2.80. The van der Waals surface area contributed by atoms with Crippen LogP contribution in [0.4, 0.5) is 4.39 Å². The molecule has 3 rings (SSSR count). The van der Waals surface area contributed by atoms with Crippen molar-refractivity contribution >= 4 is 11.8 Å². The summed E-state index contributed by atoms with van der Waals surface area (Å²) in [4.78, 5) is 32.3. The highest BCUT2D eigenvalue weighted by molar-refractivity contribution is 5.95. The fourth-order valence-corrected chi connectivity index (χ4v) is 2.80. The molecule has 0 atom stereocenters. The van der Waals surface area contributed by atoms with Gasteiger partial charge < -0.3 is 9.80 Å². The van der Waals surface area contributed by atoms with E-state index in [1.54, 1.807) is 40.4 Å². The third-order valence-electron chi connectivity index (χ3n) is 4.05. The lowest BCUT2D eigenvalue weighted by atomic mass is 10.2. The van der Waals surface area contributed by atoms with Crippen molar-refractivity contribution in [1.82, 2.24) is 14.8 Å². The molecule has 1 aliphatic heterocycles. The van der Waals surface area contributed by atoms with Gasteiger partial charge >= 0.3 is 0 Å². The van der Waals surface area contributed by atoms with E-state index >= 15 is 0 Å². The standard InChI is InChI=1S/C18H18FN3O2/c19-16-6-1-4-14(12-16)17(23)21-8-3-9-22(11-10-21)18(24)15-5-2-7-20-13-15/h1-2,4-7,12-13H,3,8-11H2. The molecule has 0 radical (unpaired) electrons. The Morgan fingerprint density at radius 2 is 1.58 bits per heavy atom. The molecule has 5 nitrogen and oxygen atoms in total. The van der Waals surface area contributed by atoms with Crippen molar-refractivity contribution in [3.63, 3.8) is 0 Å². The van der Waals surface area contributed by atoms with Gasteiger partial charge in [0.1, 0.15) is 5.82 Å². The second-order valence-electron chi connectivity index (χ2n) is 5.69. The van der Waals surface area contributed by atoms with Gasteiger partial charge in [-0.3, -0.25) is 14.6 Å². The minimum absolute atomic E-state index is 0.0804. The molecule has 0 saturated carbocycles. The number of aromatic nitrogens is 1. The Morgan fingerprint density at radius 1 is 0.917 bits per heavy atom. The van der Waals surface area contributed by atoms with E-state index in [2.05, 4.69) is 4.98 Å². The summed E-state index contributed by atoms with van der Waals surface area (Å²) in [7, 11) is 0. The number of nitrogens with zero attached hydrogens (tertiary/aromatic N) is 3. The molecule has 0 aliphatic carbocycles. The Morgan fingerprint density at radius 3 is 2.21 bits per heavy atom. The van der Waals surface area contributed by atoms with E-state index in [4.69, 9.17) is 0 Å². The summed E-state index contributed by atoms with van der Waals surface area (Å²) in [5, 5.41) is 0. The predicted molar refractivity (Wildman–Crippen MR) is 87.1 cm³/mol. The van der Waals surface area contributed by atoms with Crippen molar-refractivity contribution in [1.29, 1.82) is 0 Å². The van der Waals surface area contributed by atoms with Crippen LogP contribution in [0, 0.1) is 5.82 Å². The zero-order valence-electron chi connectivity index (χ0n) is 13.2. The second kappa shape index (κ2) is 7.21. The lowest BCUT2D eigenvalue weighted by Crippen LogP contribution is -2.37. The molecule has 1 aromatic carbocycles. The average Bonchev–Trinajstić information content (AvgIpc) is 2.87. The van der Waals surface area contributed by atoms with Crippen molar-refractivity contribution in [3.8, 4) is 0 Å². The highest BCUT2D eigenvalue weighted by atomic mass is 19.1. The maximum absolute atomic E-state index is 13.3. The lowest BCUT2D eigenvalue weighted by Gasteiger charge is -2.22. The van der Waals surface area contributed by atoms with Gasteiger partial charge in [-0.2, -0.15) is 0 Å². The molecule has 0 spiro atoms. The van der Waals surface area contributed by atoms with Crippen LogP contribution in [-0.4, -0.2) is 52.8 Å². The normalized spacial score (nSPS) is 15.0. The third kappa shape index (κ3) is 3.59. The number of hydrogen-bond donors (Lipinski definition) is 0. The van der Waals surface area contributed by atoms with Crippen LogP contribution >= 0.6 is 0 Å². The quantitative estimate of drug-likeness (QED) is 0.850. The zero-order valence-corrected chi connectivity index (χ0v) is 13.2. The SMILES string of the molecule is O=C(c1cccnc1)N1CCCN(C(=O)c2cccc(F)c2)CC1. The molecule has 0 unspecified atom stereocenters. The molecule has 1 saturated heterocycles. The number of rotatable bonds is 2. The van der Waals surface area contributed by atoms with Crippen molar-refractivity contribution in [3.05, 3.63) is 65.7 Å². The Labute approximate surface area is 139 Å². The predicted octanol–water partition coefficient (Wildman–Crippen LogP) is 2.21. The van der Waals surface area contributed by atoms with Gasteiger partial charge in [0.05, 0.1) is 5.56 Å². The largest absolute Gasteiger partial charge is 0.337 e. The summed E-state index contributed by atoms with van der Waals surface area (Å²) in [6, 6.07) is 9.15. The topological polar surface area (TPSA) is 53.5 Å². The molecular weight excluding hydrogens is 309 g/mol. The number of halogens is 1. The van der Waals surface area contributed by atoms with Gasteiger partial charge in [-0.25, -0.2) is 4.39 Å². The first-order valence-electron chi connectivity index (χ1n) is 7.89. The maximum Gasteiger partial charge on any atom is 0.255 e. The van der Waals surface area contributed by atoms with Gasteiger partial charge in [0.15, 0.2) is 0 Å². The van der Waals surface area contributed by atoms with Crippen LogP contribution in [-0.2, 0) is 0 Å². The Kier molecular flexibility index (Phi) is 4.84. The van der Waals surface area contributed by atoms with Crippen molar-refractivity contribution < 1.29 is 14.0 Å². The molecule has 0 bridgehead atoms. The molecule has 1 aliphatic rings. The summed E-state index contributed by atoms with van der Waals surface area (Å²) in [6.45, 7) is 2.02. The number of benzene rings is 1. The van der Waals surface area contributed by atoms with E-state index in [1.165, 1.54) is 18.2 Å². The minimum Gasteiger partial charge on any atom is -0.337 e. The lowest BCUT2D eigenvalue weighted by molar-refractivity contribution is 0.0718. The molecule has 1 fully saturated rings. The number of pyridine rings is 1. The Bertz CT molecular complexity index is 736. The van der Waals surface area contributed by atoms with E-state index in [1.807, 2.05) is 0 Å². The van der Waals surface area contributed by atoms with Gasteiger partial charge in [0, 0.05) is 44.1 Å². The van der Waals surface area contributed by atoms with E-state index in [9.17, 15) is 14.0 Å². The second-order valence-corrected chi connectivity index (χ2v) is 5.69. The molecule has 124 valence electrons.